The Morgan fingerprint density at radius 2 is 2.28 bits per heavy atom. The van der Waals surface area contributed by atoms with Crippen LogP contribution >= 0.6 is 35.6 Å². The highest BCUT2D eigenvalue weighted by atomic mass is 127. The van der Waals surface area contributed by atoms with Crippen LogP contribution in [0.25, 0.3) is 0 Å². The van der Waals surface area contributed by atoms with E-state index in [4.69, 9.17) is 16.3 Å². The van der Waals surface area contributed by atoms with Gasteiger partial charge in [-0.2, -0.15) is 0 Å². The molecule has 2 rings (SSSR count). The normalized spacial score (nSPS) is 16.3. The zero-order valence-electron chi connectivity index (χ0n) is 17.4. The summed E-state index contributed by atoms with van der Waals surface area (Å²) in [6, 6.07) is 3.88. The minimum Gasteiger partial charge on any atom is -0.382 e. The summed E-state index contributed by atoms with van der Waals surface area (Å²) in [5.74, 6) is 1.41. The molecular weight excluding hydrogens is 507 g/mol. The maximum Gasteiger partial charge on any atom is 0.243 e. The molecule has 1 aliphatic rings. The molecule has 2 heterocycles. The van der Waals surface area contributed by atoms with Gasteiger partial charge in [0.1, 0.15) is 12.4 Å². The molecule has 1 aromatic rings. The van der Waals surface area contributed by atoms with Gasteiger partial charge in [0.15, 0.2) is 5.96 Å². The predicted octanol–water partition coefficient (Wildman–Crippen LogP) is 1.98. The Hall–Kier alpha value is -1.33. The van der Waals surface area contributed by atoms with Gasteiger partial charge in [-0.1, -0.05) is 11.6 Å². The van der Waals surface area contributed by atoms with Crippen LogP contribution in [0.1, 0.15) is 19.8 Å². The molecule has 1 fully saturated rings. The molecular formula is C19H32ClIN6O2. The Labute approximate surface area is 195 Å². The zero-order chi connectivity index (χ0) is 20.4. The van der Waals surface area contributed by atoms with Crippen molar-refractivity contribution in [2.24, 2.45) is 4.99 Å². The van der Waals surface area contributed by atoms with Gasteiger partial charge in [0.05, 0.1) is 5.02 Å². The molecule has 1 saturated heterocycles. The van der Waals surface area contributed by atoms with E-state index in [1.54, 1.807) is 20.3 Å². The van der Waals surface area contributed by atoms with Crippen molar-refractivity contribution >= 4 is 53.3 Å². The summed E-state index contributed by atoms with van der Waals surface area (Å²) in [5, 5.41) is 7.38. The number of aliphatic imine (C=N–C) groups is 1. The summed E-state index contributed by atoms with van der Waals surface area (Å²) < 4.78 is 5.37. The lowest BCUT2D eigenvalue weighted by molar-refractivity contribution is -0.127. The van der Waals surface area contributed by atoms with Crippen LogP contribution in [-0.2, 0) is 9.53 Å². The van der Waals surface area contributed by atoms with Crippen LogP contribution in [0.3, 0.4) is 0 Å². The lowest BCUT2D eigenvalue weighted by Gasteiger charge is -2.20. The van der Waals surface area contributed by atoms with E-state index >= 15 is 0 Å². The molecule has 29 heavy (non-hydrogen) atoms. The molecule has 0 aromatic carbocycles. The van der Waals surface area contributed by atoms with Crippen molar-refractivity contribution in [2.45, 2.75) is 25.8 Å². The standard InChI is InChI=1S/C19H31ClN6O2.HI/c1-4-28-12-6-10-22-19(23-13-17(27)25(2)3)24-15-8-11-26(14-15)18-16(20)7-5-9-21-18;/h5,7,9,15H,4,6,8,10-14H2,1-3H3,(H2,22,23,24);1H. The fourth-order valence-electron chi connectivity index (χ4n) is 2.84. The third-order valence-electron chi connectivity index (χ3n) is 4.40. The van der Waals surface area contributed by atoms with Gasteiger partial charge in [0.2, 0.25) is 5.91 Å². The van der Waals surface area contributed by atoms with Crippen LogP contribution in [-0.4, -0.2) is 81.3 Å². The summed E-state index contributed by atoms with van der Waals surface area (Å²) >= 11 is 6.27. The van der Waals surface area contributed by atoms with Crippen LogP contribution in [0.2, 0.25) is 5.02 Å². The highest BCUT2D eigenvalue weighted by molar-refractivity contribution is 14.0. The molecule has 164 valence electrons. The molecule has 1 atom stereocenters. The Balaban J connectivity index is 0.00000420. The lowest BCUT2D eigenvalue weighted by atomic mass is 10.3. The molecule has 0 aliphatic carbocycles. The highest BCUT2D eigenvalue weighted by Crippen LogP contribution is 2.25. The number of amides is 1. The number of aromatic nitrogens is 1. The van der Waals surface area contributed by atoms with Crippen molar-refractivity contribution in [3.63, 3.8) is 0 Å². The largest absolute Gasteiger partial charge is 0.382 e. The second-order valence-corrected chi connectivity index (χ2v) is 7.22. The average Bonchev–Trinajstić information content (AvgIpc) is 3.13. The fourth-order valence-corrected chi connectivity index (χ4v) is 3.08. The average molecular weight is 539 g/mol. The number of rotatable bonds is 9. The SMILES string of the molecule is CCOCCCNC(=NCC(=O)N(C)C)NC1CCN(c2ncccc2Cl)C1.I. The number of anilines is 1. The molecule has 10 heteroatoms. The number of ether oxygens (including phenoxy) is 1. The number of guanidine groups is 1. The van der Waals surface area contributed by atoms with Crippen LogP contribution in [0, 0.1) is 0 Å². The Morgan fingerprint density at radius 1 is 1.48 bits per heavy atom. The first-order chi connectivity index (χ1) is 13.5. The van der Waals surface area contributed by atoms with Crippen LogP contribution < -0.4 is 15.5 Å². The number of hydrogen-bond acceptors (Lipinski definition) is 5. The van der Waals surface area contributed by atoms with Crippen molar-refractivity contribution in [1.82, 2.24) is 20.5 Å². The maximum atomic E-state index is 11.9. The molecule has 1 amide bonds. The monoisotopic (exact) mass is 538 g/mol. The quantitative estimate of drug-likeness (QED) is 0.217. The van der Waals surface area contributed by atoms with Gasteiger partial charge in [-0.05, 0) is 31.9 Å². The van der Waals surface area contributed by atoms with Crippen LogP contribution in [0.15, 0.2) is 23.3 Å². The summed E-state index contributed by atoms with van der Waals surface area (Å²) in [6.07, 6.45) is 3.56. The molecule has 1 aromatic heterocycles. The van der Waals surface area contributed by atoms with Crippen molar-refractivity contribution in [2.75, 3.05) is 58.4 Å². The first kappa shape index (κ1) is 25.7. The molecule has 0 spiro atoms. The van der Waals surface area contributed by atoms with E-state index in [1.807, 2.05) is 19.1 Å². The van der Waals surface area contributed by atoms with Crippen molar-refractivity contribution in [3.05, 3.63) is 23.4 Å². The maximum absolute atomic E-state index is 11.9. The Bertz CT molecular complexity index is 661. The molecule has 0 radical (unpaired) electrons. The van der Waals surface area contributed by atoms with E-state index in [0.717, 1.165) is 38.3 Å². The number of halogens is 2. The number of likely N-dealkylation sites (N-methyl/N-ethyl adjacent to an activating group) is 1. The van der Waals surface area contributed by atoms with Gasteiger partial charge in [-0.15, -0.1) is 24.0 Å². The minimum atomic E-state index is -0.0382. The highest BCUT2D eigenvalue weighted by Gasteiger charge is 2.25. The smallest absolute Gasteiger partial charge is 0.243 e. The van der Waals surface area contributed by atoms with Crippen LogP contribution in [0.4, 0.5) is 5.82 Å². The summed E-state index contributed by atoms with van der Waals surface area (Å²) in [4.78, 5) is 24.4. The second-order valence-electron chi connectivity index (χ2n) is 6.82. The van der Waals surface area contributed by atoms with Gasteiger partial charge in [0.25, 0.3) is 0 Å². The van der Waals surface area contributed by atoms with Crippen molar-refractivity contribution in [1.29, 1.82) is 0 Å². The van der Waals surface area contributed by atoms with Crippen molar-refractivity contribution < 1.29 is 9.53 Å². The van der Waals surface area contributed by atoms with E-state index in [1.165, 1.54) is 4.90 Å². The van der Waals surface area contributed by atoms with Gasteiger partial charge in [0, 0.05) is 59.2 Å². The topological polar surface area (TPSA) is 82.1 Å². The minimum absolute atomic E-state index is 0. The second kappa shape index (κ2) is 13.8. The predicted molar refractivity (Wildman–Crippen MR) is 129 cm³/mol. The number of nitrogens with one attached hydrogen (secondary N) is 2. The Kier molecular flexibility index (Phi) is 12.2. The first-order valence-electron chi connectivity index (χ1n) is 9.69. The molecule has 8 nitrogen and oxygen atoms in total. The number of carbonyl (C=O) groups excluding carboxylic acids is 1. The van der Waals surface area contributed by atoms with Gasteiger partial charge < -0.3 is 25.2 Å². The fraction of sp³-hybridized carbons (Fsp3) is 0.632. The summed E-state index contributed by atoms with van der Waals surface area (Å²) in [6.45, 7) is 5.86. The van der Waals surface area contributed by atoms with E-state index in [-0.39, 0.29) is 42.5 Å². The van der Waals surface area contributed by atoms with Gasteiger partial charge in [-0.3, -0.25) is 4.79 Å². The van der Waals surface area contributed by atoms with E-state index in [2.05, 4.69) is 25.5 Å². The zero-order valence-corrected chi connectivity index (χ0v) is 20.4. The van der Waals surface area contributed by atoms with E-state index in [0.29, 0.717) is 24.2 Å². The van der Waals surface area contributed by atoms with E-state index in [9.17, 15) is 4.79 Å². The molecule has 0 bridgehead atoms. The number of hydrogen-bond donors (Lipinski definition) is 2. The summed E-state index contributed by atoms with van der Waals surface area (Å²) in [7, 11) is 3.46. The van der Waals surface area contributed by atoms with Gasteiger partial charge >= 0.3 is 0 Å². The van der Waals surface area contributed by atoms with Crippen LogP contribution in [0.5, 0.6) is 0 Å². The third-order valence-corrected chi connectivity index (χ3v) is 4.70. The van der Waals surface area contributed by atoms with Crippen molar-refractivity contribution in [3.8, 4) is 0 Å². The Morgan fingerprint density at radius 3 is 2.97 bits per heavy atom. The molecule has 1 unspecified atom stereocenters. The lowest BCUT2D eigenvalue weighted by Crippen LogP contribution is -2.45. The third kappa shape index (κ3) is 8.91. The molecule has 2 N–H and O–H groups in total. The van der Waals surface area contributed by atoms with E-state index < -0.39 is 0 Å². The molecule has 0 saturated carbocycles. The van der Waals surface area contributed by atoms with Gasteiger partial charge in [-0.25, -0.2) is 9.98 Å². The number of nitrogens with zero attached hydrogens (tertiary/aromatic N) is 4. The first-order valence-corrected chi connectivity index (χ1v) is 10.1. The number of carbonyl (C=O) groups is 1. The summed E-state index contributed by atoms with van der Waals surface area (Å²) in [5.41, 5.74) is 0. The number of pyridine rings is 1. The molecule has 1 aliphatic heterocycles.